The Balaban J connectivity index is 2.18. The lowest BCUT2D eigenvalue weighted by Gasteiger charge is -2.03. The van der Waals surface area contributed by atoms with Gasteiger partial charge in [0.15, 0.2) is 10.8 Å². The number of benzene rings is 1. The van der Waals surface area contributed by atoms with Crippen molar-refractivity contribution in [2.75, 3.05) is 10.6 Å². The van der Waals surface area contributed by atoms with E-state index in [4.69, 9.17) is 0 Å². The van der Waals surface area contributed by atoms with Gasteiger partial charge in [-0.05, 0) is 56.7 Å². The highest BCUT2D eigenvalue weighted by molar-refractivity contribution is 14.1. The second kappa shape index (κ2) is 6.44. The summed E-state index contributed by atoms with van der Waals surface area (Å²) in [5.41, 5.74) is 0.940. The summed E-state index contributed by atoms with van der Waals surface area (Å²) in [5.74, 6) is -0.330. The van der Waals surface area contributed by atoms with E-state index in [9.17, 15) is 9.59 Å². The van der Waals surface area contributed by atoms with E-state index in [1.165, 1.54) is 11.3 Å². The lowest BCUT2D eigenvalue weighted by Crippen LogP contribution is -2.13. The Kier molecular flexibility index (Phi) is 4.88. The molecule has 2 aromatic rings. The minimum atomic E-state index is -0.330. The number of nitrogens with zero attached hydrogens (tertiary/aromatic N) is 1. The van der Waals surface area contributed by atoms with Crippen LogP contribution in [-0.4, -0.2) is 17.3 Å². The van der Waals surface area contributed by atoms with Crippen molar-refractivity contribution in [3.05, 3.63) is 37.3 Å². The minimum absolute atomic E-state index is 0.244. The molecule has 1 aromatic carbocycles. The molecule has 2 N–H and O–H groups in total. The standard InChI is InChI=1S/C11H7BrIN3O2S/c12-9-8(16-11(19-9)14-5-17)10(18)15-7-3-1-2-6(13)4-7/h1-5H,(H,15,18)(H,14,16,17). The summed E-state index contributed by atoms with van der Waals surface area (Å²) in [6.45, 7) is 0. The molecule has 0 fully saturated rings. The molecule has 1 heterocycles. The van der Waals surface area contributed by atoms with Crippen LogP contribution < -0.4 is 10.6 Å². The first kappa shape index (κ1) is 14.4. The predicted octanol–water partition coefficient (Wildman–Crippen LogP) is 3.33. The molecule has 0 bridgehead atoms. The molecule has 0 aliphatic rings. The molecule has 5 nitrogen and oxygen atoms in total. The third kappa shape index (κ3) is 3.74. The largest absolute Gasteiger partial charge is 0.321 e. The Bertz CT molecular complexity index is 632. The molecule has 0 aliphatic carbocycles. The van der Waals surface area contributed by atoms with E-state index in [2.05, 4.69) is 54.1 Å². The molecule has 0 aliphatic heterocycles. The van der Waals surface area contributed by atoms with Crippen LogP contribution in [0.1, 0.15) is 10.5 Å². The van der Waals surface area contributed by atoms with Gasteiger partial charge >= 0.3 is 0 Å². The summed E-state index contributed by atoms with van der Waals surface area (Å²) in [6.07, 6.45) is 0.520. The van der Waals surface area contributed by atoms with Gasteiger partial charge in [-0.15, -0.1) is 0 Å². The summed E-state index contributed by atoms with van der Waals surface area (Å²) >= 11 is 6.60. The number of amides is 2. The smallest absolute Gasteiger partial charge is 0.276 e. The van der Waals surface area contributed by atoms with E-state index in [-0.39, 0.29) is 11.6 Å². The number of hydrogen-bond donors (Lipinski definition) is 2. The van der Waals surface area contributed by atoms with Gasteiger partial charge in [0.05, 0.1) is 0 Å². The summed E-state index contributed by atoms with van der Waals surface area (Å²) in [4.78, 5) is 26.4. The summed E-state index contributed by atoms with van der Waals surface area (Å²) in [6, 6.07) is 7.43. The van der Waals surface area contributed by atoms with Crippen LogP contribution in [0.3, 0.4) is 0 Å². The molecule has 8 heteroatoms. The van der Waals surface area contributed by atoms with Gasteiger partial charge in [-0.1, -0.05) is 17.4 Å². The number of carbonyl (C=O) groups is 2. The molecule has 0 spiro atoms. The third-order valence-electron chi connectivity index (χ3n) is 2.07. The van der Waals surface area contributed by atoms with Crippen LogP contribution in [0.2, 0.25) is 0 Å². The summed E-state index contributed by atoms with van der Waals surface area (Å²) in [7, 11) is 0. The van der Waals surface area contributed by atoms with Crippen LogP contribution in [0.15, 0.2) is 28.1 Å². The van der Waals surface area contributed by atoms with Crippen molar-refractivity contribution in [2.24, 2.45) is 0 Å². The van der Waals surface area contributed by atoms with E-state index < -0.39 is 0 Å². The number of hydrogen-bond acceptors (Lipinski definition) is 4. The van der Waals surface area contributed by atoms with E-state index in [0.717, 1.165) is 3.57 Å². The highest BCUT2D eigenvalue weighted by Crippen LogP contribution is 2.28. The van der Waals surface area contributed by atoms with E-state index in [1.54, 1.807) is 6.07 Å². The predicted molar refractivity (Wildman–Crippen MR) is 86.6 cm³/mol. The average molecular weight is 452 g/mol. The number of halogens is 2. The quantitative estimate of drug-likeness (QED) is 0.553. The molecular formula is C11H7BrIN3O2S. The minimum Gasteiger partial charge on any atom is -0.321 e. The SMILES string of the molecule is O=CNc1nc(C(=O)Nc2cccc(I)c2)c(Br)s1. The second-order valence-corrected chi connectivity index (χ2v) is 6.93. The highest BCUT2D eigenvalue weighted by atomic mass is 127. The Morgan fingerprint density at radius 2 is 2.26 bits per heavy atom. The fourth-order valence-electron chi connectivity index (χ4n) is 1.31. The molecule has 98 valence electrons. The average Bonchev–Trinajstić information content (AvgIpc) is 2.71. The van der Waals surface area contributed by atoms with Crippen LogP contribution >= 0.6 is 49.9 Å². The van der Waals surface area contributed by atoms with Gasteiger partial charge in [0.25, 0.3) is 5.91 Å². The number of rotatable bonds is 4. The molecular weight excluding hydrogens is 445 g/mol. The zero-order valence-electron chi connectivity index (χ0n) is 9.31. The van der Waals surface area contributed by atoms with Gasteiger partial charge in [-0.3, -0.25) is 9.59 Å². The van der Waals surface area contributed by atoms with Crippen molar-refractivity contribution in [2.45, 2.75) is 0 Å². The van der Waals surface area contributed by atoms with Crippen LogP contribution in [0, 0.1) is 3.57 Å². The molecule has 2 rings (SSSR count). The third-order valence-corrected chi connectivity index (χ3v) is 4.37. The number of thiazole rings is 1. The van der Waals surface area contributed by atoms with Gasteiger partial charge in [0, 0.05) is 9.26 Å². The van der Waals surface area contributed by atoms with Gasteiger partial charge in [-0.2, -0.15) is 0 Å². The molecule has 19 heavy (non-hydrogen) atoms. The maximum Gasteiger partial charge on any atom is 0.276 e. The first-order valence-electron chi connectivity index (χ1n) is 5.03. The fourth-order valence-corrected chi connectivity index (χ4v) is 3.23. The van der Waals surface area contributed by atoms with Crippen LogP contribution in [-0.2, 0) is 4.79 Å². The normalized spacial score (nSPS) is 10.0. The zero-order chi connectivity index (χ0) is 13.8. The Labute approximate surface area is 135 Å². The fraction of sp³-hybridized carbons (Fsp3) is 0. The zero-order valence-corrected chi connectivity index (χ0v) is 13.9. The van der Waals surface area contributed by atoms with Gasteiger partial charge < -0.3 is 10.6 Å². The second-order valence-electron chi connectivity index (χ2n) is 3.37. The van der Waals surface area contributed by atoms with Gasteiger partial charge in [0.1, 0.15) is 3.79 Å². The van der Waals surface area contributed by atoms with Crippen molar-refractivity contribution in [1.82, 2.24) is 4.98 Å². The van der Waals surface area contributed by atoms with E-state index >= 15 is 0 Å². The summed E-state index contributed by atoms with van der Waals surface area (Å²) in [5, 5.41) is 5.53. The number of aromatic nitrogens is 1. The number of anilines is 2. The van der Waals surface area contributed by atoms with Crippen LogP contribution in [0.4, 0.5) is 10.8 Å². The molecule has 0 unspecified atom stereocenters. The van der Waals surface area contributed by atoms with Gasteiger partial charge in [0.2, 0.25) is 6.41 Å². The Hall–Kier alpha value is -1.000. The molecule has 0 atom stereocenters. The maximum atomic E-state index is 12.0. The summed E-state index contributed by atoms with van der Waals surface area (Å²) < 4.78 is 1.59. The van der Waals surface area contributed by atoms with Crippen molar-refractivity contribution >= 4 is 73.0 Å². The molecule has 1 aromatic heterocycles. The van der Waals surface area contributed by atoms with E-state index in [1.807, 2.05) is 18.2 Å². The van der Waals surface area contributed by atoms with Crippen LogP contribution in [0.25, 0.3) is 0 Å². The van der Waals surface area contributed by atoms with Crippen molar-refractivity contribution in [1.29, 1.82) is 0 Å². The molecule has 0 saturated carbocycles. The van der Waals surface area contributed by atoms with E-state index in [0.29, 0.717) is 21.0 Å². The first-order valence-corrected chi connectivity index (χ1v) is 7.72. The van der Waals surface area contributed by atoms with Crippen molar-refractivity contribution < 1.29 is 9.59 Å². The number of nitrogens with one attached hydrogen (secondary N) is 2. The first-order chi connectivity index (χ1) is 9.10. The Morgan fingerprint density at radius 1 is 1.47 bits per heavy atom. The lowest BCUT2D eigenvalue weighted by molar-refractivity contribution is -0.105. The molecule has 0 radical (unpaired) electrons. The molecule has 2 amide bonds. The topological polar surface area (TPSA) is 71.1 Å². The molecule has 0 saturated heterocycles. The monoisotopic (exact) mass is 451 g/mol. The Morgan fingerprint density at radius 3 is 2.95 bits per heavy atom. The maximum absolute atomic E-state index is 12.0. The highest BCUT2D eigenvalue weighted by Gasteiger charge is 2.16. The van der Waals surface area contributed by atoms with Gasteiger partial charge in [-0.25, -0.2) is 4.98 Å². The van der Waals surface area contributed by atoms with Crippen molar-refractivity contribution in [3.8, 4) is 0 Å². The number of carbonyl (C=O) groups excluding carboxylic acids is 2. The van der Waals surface area contributed by atoms with Crippen LogP contribution in [0.5, 0.6) is 0 Å². The van der Waals surface area contributed by atoms with Crippen molar-refractivity contribution in [3.63, 3.8) is 0 Å². The lowest BCUT2D eigenvalue weighted by atomic mass is 10.3.